The molecule has 1 heterocycles. The molecular weight excluding hydrogens is 308 g/mol. The number of amides is 1. The molecule has 2 rings (SSSR count). The largest absolute Gasteiger partial charge is 0.463 e. The van der Waals surface area contributed by atoms with Gasteiger partial charge >= 0.3 is 6.61 Å². The summed E-state index contributed by atoms with van der Waals surface area (Å²) in [7, 11) is 0. The minimum absolute atomic E-state index is 0.0985. The van der Waals surface area contributed by atoms with E-state index >= 15 is 0 Å². The second kappa shape index (κ2) is 6.78. The third kappa shape index (κ3) is 4.53. The number of carbonyl (C=O) groups excluding carboxylic acids is 1. The van der Waals surface area contributed by atoms with Crippen LogP contribution in [-0.2, 0) is 5.60 Å². The first kappa shape index (κ1) is 17.0. The normalized spacial score (nSPS) is 13.7. The number of alkyl halides is 2. The smallest absolute Gasteiger partial charge is 0.387 e. The van der Waals surface area contributed by atoms with Crippen LogP contribution in [0.15, 0.2) is 40.8 Å². The maximum absolute atomic E-state index is 12.2. The molecule has 0 fully saturated rings. The summed E-state index contributed by atoms with van der Waals surface area (Å²) in [5.74, 6) is 0.336. The van der Waals surface area contributed by atoms with Crippen molar-refractivity contribution in [1.29, 1.82) is 0 Å². The highest BCUT2D eigenvalue weighted by molar-refractivity contribution is 5.94. The van der Waals surface area contributed by atoms with Crippen LogP contribution in [0.2, 0.25) is 0 Å². The molecule has 0 spiro atoms. The number of furan rings is 1. The topological polar surface area (TPSA) is 71.7 Å². The molecule has 0 aliphatic heterocycles. The Morgan fingerprint density at radius 2 is 2.13 bits per heavy atom. The molecule has 0 aliphatic rings. The number of nitrogens with one attached hydrogen (secondary N) is 1. The minimum Gasteiger partial charge on any atom is -0.463 e. The third-order valence-corrected chi connectivity index (χ3v) is 3.19. The third-order valence-electron chi connectivity index (χ3n) is 3.19. The lowest BCUT2D eigenvalue weighted by Crippen LogP contribution is -2.38. The minimum atomic E-state index is -2.96. The van der Waals surface area contributed by atoms with Gasteiger partial charge < -0.3 is 19.6 Å². The van der Waals surface area contributed by atoms with E-state index in [9.17, 15) is 18.7 Å². The Morgan fingerprint density at radius 1 is 1.39 bits per heavy atom. The van der Waals surface area contributed by atoms with Crippen LogP contribution in [0.1, 0.15) is 28.8 Å². The van der Waals surface area contributed by atoms with Crippen molar-refractivity contribution < 1.29 is 27.8 Å². The van der Waals surface area contributed by atoms with Gasteiger partial charge in [0.15, 0.2) is 0 Å². The summed E-state index contributed by atoms with van der Waals surface area (Å²) in [5, 5.41) is 12.9. The van der Waals surface area contributed by atoms with Crippen LogP contribution in [0, 0.1) is 6.92 Å². The SMILES string of the molecule is Cc1ccc(C(C)(O)CNC(=O)c2cccc(OC(F)F)c2)o1. The van der Waals surface area contributed by atoms with Crippen LogP contribution in [0.5, 0.6) is 5.75 Å². The van der Waals surface area contributed by atoms with E-state index in [2.05, 4.69) is 10.1 Å². The van der Waals surface area contributed by atoms with Crippen molar-refractivity contribution in [2.75, 3.05) is 6.54 Å². The molecule has 1 aromatic heterocycles. The summed E-state index contributed by atoms with van der Waals surface area (Å²) in [6.07, 6.45) is 0. The molecule has 0 aliphatic carbocycles. The lowest BCUT2D eigenvalue weighted by Gasteiger charge is -2.21. The monoisotopic (exact) mass is 325 g/mol. The fourth-order valence-electron chi connectivity index (χ4n) is 1.98. The predicted octanol–water partition coefficient (Wildman–Crippen LogP) is 2.83. The van der Waals surface area contributed by atoms with Crippen LogP contribution in [0.4, 0.5) is 8.78 Å². The number of hydrogen-bond donors (Lipinski definition) is 2. The number of aryl methyl sites for hydroxylation is 1. The number of carbonyl (C=O) groups is 1. The van der Waals surface area contributed by atoms with E-state index in [4.69, 9.17) is 4.42 Å². The Balaban J connectivity index is 2.02. The zero-order chi connectivity index (χ0) is 17.0. The van der Waals surface area contributed by atoms with Crippen molar-refractivity contribution in [1.82, 2.24) is 5.32 Å². The summed E-state index contributed by atoms with van der Waals surface area (Å²) in [6, 6.07) is 8.74. The van der Waals surface area contributed by atoms with Gasteiger partial charge in [0.1, 0.15) is 22.9 Å². The highest BCUT2D eigenvalue weighted by atomic mass is 19.3. The number of halogens is 2. The van der Waals surface area contributed by atoms with Crippen molar-refractivity contribution in [3.8, 4) is 5.75 Å². The van der Waals surface area contributed by atoms with Gasteiger partial charge in [-0.2, -0.15) is 8.78 Å². The molecule has 124 valence electrons. The van der Waals surface area contributed by atoms with E-state index in [1.54, 1.807) is 19.1 Å². The van der Waals surface area contributed by atoms with Gasteiger partial charge in [-0.3, -0.25) is 4.79 Å². The van der Waals surface area contributed by atoms with Crippen LogP contribution < -0.4 is 10.1 Å². The highest BCUT2D eigenvalue weighted by Crippen LogP contribution is 2.22. The molecule has 2 aromatic rings. The zero-order valence-electron chi connectivity index (χ0n) is 12.7. The van der Waals surface area contributed by atoms with Gasteiger partial charge in [0, 0.05) is 5.56 Å². The van der Waals surface area contributed by atoms with E-state index in [0.717, 1.165) is 0 Å². The molecule has 23 heavy (non-hydrogen) atoms. The van der Waals surface area contributed by atoms with Gasteiger partial charge in [0.2, 0.25) is 0 Å². The predicted molar refractivity (Wildman–Crippen MR) is 78.4 cm³/mol. The molecular formula is C16H17F2NO4. The molecule has 0 radical (unpaired) electrons. The molecule has 7 heteroatoms. The lowest BCUT2D eigenvalue weighted by atomic mass is 10.0. The molecule has 1 aromatic carbocycles. The van der Waals surface area contributed by atoms with E-state index in [0.29, 0.717) is 11.5 Å². The van der Waals surface area contributed by atoms with Crippen LogP contribution in [0.3, 0.4) is 0 Å². The second-order valence-corrected chi connectivity index (χ2v) is 5.27. The molecule has 2 N–H and O–H groups in total. The fraction of sp³-hybridized carbons (Fsp3) is 0.312. The first-order chi connectivity index (χ1) is 10.8. The Kier molecular flexibility index (Phi) is 5.00. The van der Waals surface area contributed by atoms with Crippen molar-refractivity contribution >= 4 is 5.91 Å². The van der Waals surface area contributed by atoms with Crippen molar-refractivity contribution in [2.45, 2.75) is 26.1 Å². The molecule has 1 unspecified atom stereocenters. The Bertz CT molecular complexity index is 682. The number of ether oxygens (including phenoxy) is 1. The van der Waals surface area contributed by atoms with E-state index in [1.807, 2.05) is 0 Å². The molecule has 5 nitrogen and oxygen atoms in total. The molecule has 0 saturated carbocycles. The van der Waals surface area contributed by atoms with Crippen molar-refractivity contribution in [3.63, 3.8) is 0 Å². The van der Waals surface area contributed by atoms with Gasteiger partial charge in [-0.15, -0.1) is 0 Å². The fourth-order valence-corrected chi connectivity index (χ4v) is 1.98. The van der Waals surface area contributed by atoms with E-state index < -0.39 is 18.1 Å². The first-order valence-electron chi connectivity index (χ1n) is 6.90. The summed E-state index contributed by atoms with van der Waals surface area (Å²) in [5.41, 5.74) is -1.24. The number of hydrogen-bond acceptors (Lipinski definition) is 4. The van der Waals surface area contributed by atoms with E-state index in [-0.39, 0.29) is 17.9 Å². The van der Waals surface area contributed by atoms with Crippen molar-refractivity contribution in [3.05, 3.63) is 53.5 Å². The average molecular weight is 325 g/mol. The molecule has 0 saturated heterocycles. The Hall–Kier alpha value is -2.41. The summed E-state index contributed by atoms with van der Waals surface area (Å²) >= 11 is 0. The standard InChI is InChI=1S/C16H17F2NO4/c1-10-6-7-13(22-10)16(2,21)9-19-14(20)11-4-3-5-12(8-11)23-15(17)18/h3-8,15,21H,9H2,1-2H3,(H,19,20). The summed E-state index contributed by atoms with van der Waals surface area (Å²) in [4.78, 5) is 12.1. The number of aliphatic hydroxyl groups is 1. The van der Waals surface area contributed by atoms with E-state index in [1.165, 1.54) is 31.2 Å². The van der Waals surface area contributed by atoms with Gasteiger partial charge in [-0.25, -0.2) is 0 Å². The molecule has 1 atom stereocenters. The highest BCUT2D eigenvalue weighted by Gasteiger charge is 2.27. The quantitative estimate of drug-likeness (QED) is 0.857. The zero-order valence-corrected chi connectivity index (χ0v) is 12.7. The van der Waals surface area contributed by atoms with Gasteiger partial charge in [-0.1, -0.05) is 6.07 Å². The number of benzene rings is 1. The van der Waals surface area contributed by atoms with Crippen LogP contribution >= 0.6 is 0 Å². The first-order valence-corrected chi connectivity index (χ1v) is 6.90. The maximum Gasteiger partial charge on any atom is 0.387 e. The van der Waals surface area contributed by atoms with Gasteiger partial charge in [0.25, 0.3) is 5.91 Å². The van der Waals surface area contributed by atoms with Crippen LogP contribution in [-0.4, -0.2) is 24.2 Å². The Labute approximate surface area is 131 Å². The summed E-state index contributed by atoms with van der Waals surface area (Å²) < 4.78 is 34.0. The molecule has 1 amide bonds. The summed E-state index contributed by atoms with van der Waals surface area (Å²) in [6.45, 7) is 0.184. The van der Waals surface area contributed by atoms with Gasteiger partial charge in [0.05, 0.1) is 6.54 Å². The maximum atomic E-state index is 12.2. The van der Waals surface area contributed by atoms with Crippen LogP contribution in [0.25, 0.3) is 0 Å². The lowest BCUT2D eigenvalue weighted by molar-refractivity contribution is -0.0498. The Morgan fingerprint density at radius 3 is 2.74 bits per heavy atom. The average Bonchev–Trinajstić information content (AvgIpc) is 2.92. The van der Waals surface area contributed by atoms with Gasteiger partial charge in [-0.05, 0) is 44.2 Å². The molecule has 0 bridgehead atoms. The van der Waals surface area contributed by atoms with Crippen molar-refractivity contribution in [2.24, 2.45) is 0 Å². The number of rotatable bonds is 6. The second-order valence-electron chi connectivity index (χ2n) is 5.27.